The van der Waals surface area contributed by atoms with Crippen LogP contribution in [-0.2, 0) is 9.53 Å². The first-order valence-electron chi connectivity index (χ1n) is 5.64. The van der Waals surface area contributed by atoms with E-state index < -0.39 is 0 Å². The summed E-state index contributed by atoms with van der Waals surface area (Å²) in [5.41, 5.74) is 0. The van der Waals surface area contributed by atoms with Crippen LogP contribution < -0.4 is 5.32 Å². The van der Waals surface area contributed by atoms with Gasteiger partial charge >= 0.3 is 5.97 Å². The summed E-state index contributed by atoms with van der Waals surface area (Å²) in [6, 6.07) is 1.19. The molecule has 0 aromatic heterocycles. The molecule has 1 heterocycles. The first-order valence-corrected chi connectivity index (χ1v) is 5.64. The van der Waals surface area contributed by atoms with Crippen LogP contribution in [0.1, 0.15) is 26.2 Å². The van der Waals surface area contributed by atoms with E-state index >= 15 is 0 Å². The molecule has 0 aliphatic carbocycles. The quantitative estimate of drug-likeness (QED) is 0.697. The molecule has 0 aromatic rings. The maximum absolute atomic E-state index is 10.9. The van der Waals surface area contributed by atoms with Crippen molar-refractivity contribution in [2.75, 3.05) is 27.2 Å². The highest BCUT2D eigenvalue weighted by atomic mass is 16.5. The normalized spacial score (nSPS) is 27.7. The zero-order valence-corrected chi connectivity index (χ0v) is 9.95. The fraction of sp³-hybridized carbons (Fsp3) is 0.909. The Hall–Kier alpha value is -0.610. The van der Waals surface area contributed by atoms with Gasteiger partial charge in [0.05, 0.1) is 13.5 Å². The van der Waals surface area contributed by atoms with Crippen LogP contribution in [0.25, 0.3) is 0 Å². The average molecular weight is 214 g/mol. The van der Waals surface area contributed by atoms with Gasteiger partial charge in [-0.25, -0.2) is 0 Å². The molecule has 0 bridgehead atoms. The van der Waals surface area contributed by atoms with E-state index in [0.717, 1.165) is 19.5 Å². The summed E-state index contributed by atoms with van der Waals surface area (Å²) < 4.78 is 4.59. The predicted octanol–water partition coefficient (Wildman–Crippen LogP) is 0.622. The minimum atomic E-state index is -0.136. The third-order valence-corrected chi connectivity index (χ3v) is 3.20. The molecule has 1 N–H and O–H groups in total. The van der Waals surface area contributed by atoms with Crippen LogP contribution in [0.4, 0.5) is 0 Å². The van der Waals surface area contributed by atoms with Gasteiger partial charge in [-0.05, 0) is 33.4 Å². The molecule has 1 aliphatic rings. The molecular weight excluding hydrogens is 192 g/mol. The van der Waals surface area contributed by atoms with Crippen LogP contribution in [0, 0.1) is 0 Å². The highest BCUT2D eigenvalue weighted by Gasteiger charge is 2.22. The Bertz CT molecular complexity index is 209. The first-order chi connectivity index (χ1) is 7.13. The summed E-state index contributed by atoms with van der Waals surface area (Å²) in [5.74, 6) is -0.136. The van der Waals surface area contributed by atoms with Crippen LogP contribution in [0.2, 0.25) is 0 Å². The van der Waals surface area contributed by atoms with Gasteiger partial charge < -0.3 is 15.0 Å². The molecule has 4 heteroatoms. The maximum atomic E-state index is 10.9. The van der Waals surface area contributed by atoms with Crippen LogP contribution in [-0.4, -0.2) is 50.2 Å². The van der Waals surface area contributed by atoms with Crippen molar-refractivity contribution in [3.05, 3.63) is 0 Å². The second-order valence-electron chi connectivity index (χ2n) is 4.33. The third-order valence-electron chi connectivity index (χ3n) is 3.20. The molecule has 0 amide bonds. The van der Waals surface area contributed by atoms with Crippen molar-refractivity contribution in [3.8, 4) is 0 Å². The molecule has 15 heavy (non-hydrogen) atoms. The maximum Gasteiger partial charge on any atom is 0.306 e. The van der Waals surface area contributed by atoms with E-state index in [1.54, 1.807) is 0 Å². The number of carbonyl (C=O) groups is 1. The van der Waals surface area contributed by atoms with Crippen molar-refractivity contribution in [3.63, 3.8) is 0 Å². The number of likely N-dealkylation sites (tertiary alicyclic amines) is 1. The molecule has 0 saturated carbocycles. The monoisotopic (exact) mass is 214 g/mol. The summed E-state index contributed by atoms with van der Waals surface area (Å²) in [4.78, 5) is 13.3. The lowest BCUT2D eigenvalue weighted by atomic mass is 9.99. The van der Waals surface area contributed by atoms with Gasteiger partial charge in [0.25, 0.3) is 0 Å². The van der Waals surface area contributed by atoms with Gasteiger partial charge in [-0.1, -0.05) is 0 Å². The van der Waals surface area contributed by atoms with E-state index in [1.165, 1.54) is 13.5 Å². The second kappa shape index (κ2) is 6.08. The fourth-order valence-corrected chi connectivity index (χ4v) is 1.96. The first kappa shape index (κ1) is 12.5. The lowest BCUT2D eigenvalue weighted by Crippen LogP contribution is -2.46. The molecule has 88 valence electrons. The Balaban J connectivity index is 2.14. The third kappa shape index (κ3) is 4.18. The smallest absolute Gasteiger partial charge is 0.306 e. The molecule has 0 radical (unpaired) electrons. The standard InChI is InChI=1S/C11H22N2O2/c1-9-8-10(5-7-13(9)2)12-6-4-11(14)15-3/h9-10,12H,4-8H2,1-3H3. The molecule has 0 spiro atoms. The van der Waals surface area contributed by atoms with E-state index in [0.29, 0.717) is 18.5 Å². The minimum absolute atomic E-state index is 0.136. The molecule has 1 rings (SSSR count). The van der Waals surface area contributed by atoms with Crippen molar-refractivity contribution in [1.82, 2.24) is 10.2 Å². The van der Waals surface area contributed by atoms with Gasteiger partial charge in [-0.3, -0.25) is 4.79 Å². The van der Waals surface area contributed by atoms with Crippen molar-refractivity contribution in [1.29, 1.82) is 0 Å². The molecular formula is C11H22N2O2. The summed E-state index contributed by atoms with van der Waals surface area (Å²) in [6.07, 6.45) is 2.80. The molecule has 4 nitrogen and oxygen atoms in total. The summed E-state index contributed by atoms with van der Waals surface area (Å²) in [6.45, 7) is 4.11. The topological polar surface area (TPSA) is 41.6 Å². The van der Waals surface area contributed by atoms with Crippen molar-refractivity contribution in [2.45, 2.75) is 38.3 Å². The molecule has 1 saturated heterocycles. The number of nitrogens with one attached hydrogen (secondary N) is 1. The summed E-state index contributed by atoms with van der Waals surface area (Å²) in [5, 5.41) is 3.41. The van der Waals surface area contributed by atoms with Gasteiger partial charge in [0.2, 0.25) is 0 Å². The number of piperidine rings is 1. The van der Waals surface area contributed by atoms with Crippen molar-refractivity contribution < 1.29 is 9.53 Å². The summed E-state index contributed by atoms with van der Waals surface area (Å²) >= 11 is 0. The fourth-order valence-electron chi connectivity index (χ4n) is 1.96. The molecule has 1 fully saturated rings. The van der Waals surface area contributed by atoms with Gasteiger partial charge in [0.1, 0.15) is 0 Å². The Labute approximate surface area is 92.0 Å². The second-order valence-corrected chi connectivity index (χ2v) is 4.33. The molecule has 0 aromatic carbocycles. The number of rotatable bonds is 4. The van der Waals surface area contributed by atoms with E-state index in [2.05, 4.69) is 28.9 Å². The molecule has 2 atom stereocenters. The zero-order valence-electron chi connectivity index (χ0n) is 9.95. The van der Waals surface area contributed by atoms with Crippen LogP contribution in [0.15, 0.2) is 0 Å². The van der Waals surface area contributed by atoms with E-state index in [9.17, 15) is 4.79 Å². The van der Waals surface area contributed by atoms with E-state index in [4.69, 9.17) is 0 Å². The van der Waals surface area contributed by atoms with Gasteiger partial charge in [0, 0.05) is 18.6 Å². The Kier molecular flexibility index (Phi) is 5.05. The van der Waals surface area contributed by atoms with Crippen molar-refractivity contribution >= 4 is 5.97 Å². The number of methoxy groups -OCH3 is 1. The molecule has 2 unspecified atom stereocenters. The zero-order chi connectivity index (χ0) is 11.3. The predicted molar refractivity (Wildman–Crippen MR) is 59.7 cm³/mol. The lowest BCUT2D eigenvalue weighted by Gasteiger charge is -2.35. The Morgan fingerprint density at radius 3 is 2.93 bits per heavy atom. The van der Waals surface area contributed by atoms with E-state index in [1.807, 2.05) is 0 Å². The van der Waals surface area contributed by atoms with Crippen LogP contribution in [0.3, 0.4) is 0 Å². The average Bonchev–Trinajstić information content (AvgIpc) is 2.23. The SMILES string of the molecule is COC(=O)CCNC1CCN(C)C(C)C1. The van der Waals surface area contributed by atoms with Crippen molar-refractivity contribution in [2.24, 2.45) is 0 Å². The largest absolute Gasteiger partial charge is 0.469 e. The van der Waals surface area contributed by atoms with Gasteiger partial charge in [0.15, 0.2) is 0 Å². The number of carbonyl (C=O) groups excluding carboxylic acids is 1. The summed E-state index contributed by atoms with van der Waals surface area (Å²) in [7, 11) is 3.59. The molecule has 1 aliphatic heterocycles. The number of nitrogens with zero attached hydrogens (tertiary/aromatic N) is 1. The number of esters is 1. The minimum Gasteiger partial charge on any atom is -0.469 e. The van der Waals surface area contributed by atoms with E-state index in [-0.39, 0.29) is 5.97 Å². The lowest BCUT2D eigenvalue weighted by molar-refractivity contribution is -0.140. The number of ether oxygens (including phenoxy) is 1. The highest BCUT2D eigenvalue weighted by Crippen LogP contribution is 2.14. The van der Waals surface area contributed by atoms with Gasteiger partial charge in [-0.15, -0.1) is 0 Å². The number of hydrogen-bond acceptors (Lipinski definition) is 4. The number of hydrogen-bond donors (Lipinski definition) is 1. The Morgan fingerprint density at radius 2 is 2.33 bits per heavy atom. The Morgan fingerprint density at radius 1 is 1.60 bits per heavy atom. The van der Waals surface area contributed by atoms with Crippen LogP contribution >= 0.6 is 0 Å². The van der Waals surface area contributed by atoms with Crippen LogP contribution in [0.5, 0.6) is 0 Å². The van der Waals surface area contributed by atoms with Gasteiger partial charge in [-0.2, -0.15) is 0 Å². The highest BCUT2D eigenvalue weighted by molar-refractivity contribution is 5.69.